The Morgan fingerprint density at radius 2 is 1.29 bits per heavy atom. The average molecular weight is 244 g/mol. The molecular formula is C11H16O6. The Kier molecular flexibility index (Phi) is 19.0. The minimum absolute atomic E-state index is 0.359. The molecule has 0 amide bonds. The lowest BCUT2D eigenvalue weighted by atomic mass is 10.6. The lowest BCUT2D eigenvalue weighted by Crippen LogP contribution is -1.97. The van der Waals surface area contributed by atoms with Crippen LogP contribution in [0.25, 0.3) is 0 Å². The molecule has 0 unspecified atom stereocenters. The molecule has 0 bridgehead atoms. The van der Waals surface area contributed by atoms with Crippen LogP contribution in [0.15, 0.2) is 38.0 Å². The molecule has 0 heterocycles. The molecule has 0 saturated heterocycles. The number of carboxylic acids is 2. The SMILES string of the molecule is C=CC(=O)O.C=CC(=O)O.C=CC(=O)OCC. The van der Waals surface area contributed by atoms with Crippen molar-refractivity contribution in [1.82, 2.24) is 0 Å². The zero-order chi connectivity index (χ0) is 14.3. The van der Waals surface area contributed by atoms with E-state index in [1.54, 1.807) is 6.92 Å². The van der Waals surface area contributed by atoms with E-state index >= 15 is 0 Å². The van der Waals surface area contributed by atoms with Crippen LogP contribution in [-0.2, 0) is 19.1 Å². The third-order valence-corrected chi connectivity index (χ3v) is 0.803. The second-order valence-electron chi connectivity index (χ2n) is 2.04. The van der Waals surface area contributed by atoms with Gasteiger partial charge >= 0.3 is 17.9 Å². The summed E-state index contributed by atoms with van der Waals surface area (Å²) in [5, 5.41) is 15.2. The Balaban J connectivity index is -0.000000177. The minimum Gasteiger partial charge on any atom is -0.478 e. The molecule has 17 heavy (non-hydrogen) atoms. The fourth-order valence-electron chi connectivity index (χ4n) is 0.201. The molecule has 0 spiro atoms. The molecule has 0 fully saturated rings. The van der Waals surface area contributed by atoms with Crippen molar-refractivity contribution in [2.24, 2.45) is 0 Å². The second kappa shape index (κ2) is 16.1. The number of rotatable bonds is 4. The Bertz CT molecular complexity index is 262. The highest BCUT2D eigenvalue weighted by Gasteiger charge is 1.86. The molecule has 2 N–H and O–H groups in total. The van der Waals surface area contributed by atoms with Crippen molar-refractivity contribution in [1.29, 1.82) is 0 Å². The van der Waals surface area contributed by atoms with Crippen molar-refractivity contribution in [3.05, 3.63) is 38.0 Å². The van der Waals surface area contributed by atoms with Crippen LogP contribution in [0.4, 0.5) is 0 Å². The van der Waals surface area contributed by atoms with E-state index in [0.717, 1.165) is 18.2 Å². The minimum atomic E-state index is -0.981. The first-order valence-electron chi connectivity index (χ1n) is 4.35. The number of carbonyl (C=O) groups excluding carboxylic acids is 1. The molecule has 0 aliphatic carbocycles. The van der Waals surface area contributed by atoms with Crippen LogP contribution in [0.3, 0.4) is 0 Å². The Labute approximate surface area is 99.5 Å². The van der Waals surface area contributed by atoms with Gasteiger partial charge in [-0.2, -0.15) is 0 Å². The second-order valence-corrected chi connectivity index (χ2v) is 2.04. The largest absolute Gasteiger partial charge is 0.478 e. The molecule has 0 atom stereocenters. The van der Waals surface area contributed by atoms with Gasteiger partial charge in [0.2, 0.25) is 0 Å². The van der Waals surface area contributed by atoms with Gasteiger partial charge in [0.25, 0.3) is 0 Å². The topological polar surface area (TPSA) is 101 Å². The molecule has 0 aromatic heterocycles. The van der Waals surface area contributed by atoms with Crippen molar-refractivity contribution >= 4 is 17.9 Å². The number of carboxylic acid groups (broad SMARTS) is 2. The number of esters is 1. The molecule has 0 saturated carbocycles. The molecule has 0 aliphatic heterocycles. The Hall–Kier alpha value is -2.37. The maximum absolute atomic E-state index is 10.1. The smallest absolute Gasteiger partial charge is 0.330 e. The highest BCUT2D eigenvalue weighted by molar-refractivity contribution is 5.81. The summed E-state index contributed by atoms with van der Waals surface area (Å²) in [5.74, 6) is -2.32. The van der Waals surface area contributed by atoms with Crippen molar-refractivity contribution in [3.8, 4) is 0 Å². The molecular weight excluding hydrogens is 228 g/mol. The lowest BCUT2D eigenvalue weighted by molar-refractivity contribution is -0.137. The number of ether oxygens (including phenoxy) is 1. The molecule has 0 aromatic rings. The van der Waals surface area contributed by atoms with Gasteiger partial charge in [-0.3, -0.25) is 0 Å². The van der Waals surface area contributed by atoms with Crippen LogP contribution in [0, 0.1) is 0 Å². The summed E-state index contributed by atoms with van der Waals surface area (Å²) in [6.07, 6.45) is 2.81. The van der Waals surface area contributed by atoms with Gasteiger partial charge in [0, 0.05) is 18.2 Å². The van der Waals surface area contributed by atoms with Crippen molar-refractivity contribution < 1.29 is 29.3 Å². The maximum Gasteiger partial charge on any atom is 0.330 e. The summed E-state index contributed by atoms with van der Waals surface area (Å²) in [6.45, 7) is 11.3. The van der Waals surface area contributed by atoms with Crippen molar-refractivity contribution in [2.75, 3.05) is 6.61 Å². The van der Waals surface area contributed by atoms with E-state index in [0.29, 0.717) is 6.61 Å². The van der Waals surface area contributed by atoms with Gasteiger partial charge in [-0.15, -0.1) is 0 Å². The average Bonchev–Trinajstić information content (AvgIpc) is 2.30. The number of aliphatic carboxylic acids is 2. The first-order valence-corrected chi connectivity index (χ1v) is 4.35. The van der Waals surface area contributed by atoms with Crippen molar-refractivity contribution in [2.45, 2.75) is 6.92 Å². The quantitative estimate of drug-likeness (QED) is 0.570. The fourth-order valence-corrected chi connectivity index (χ4v) is 0.201. The molecule has 0 aromatic carbocycles. The summed E-state index contributed by atoms with van der Waals surface area (Å²) >= 11 is 0. The van der Waals surface area contributed by atoms with Crippen LogP contribution in [-0.4, -0.2) is 34.7 Å². The van der Waals surface area contributed by atoms with Gasteiger partial charge in [0.1, 0.15) is 0 Å². The van der Waals surface area contributed by atoms with Crippen LogP contribution >= 0.6 is 0 Å². The number of hydrogen-bond acceptors (Lipinski definition) is 4. The zero-order valence-electron chi connectivity index (χ0n) is 9.59. The van der Waals surface area contributed by atoms with Crippen LogP contribution in [0.2, 0.25) is 0 Å². The van der Waals surface area contributed by atoms with Gasteiger partial charge in [-0.25, -0.2) is 14.4 Å². The van der Waals surface area contributed by atoms with Crippen LogP contribution in [0.1, 0.15) is 6.92 Å². The summed E-state index contributed by atoms with van der Waals surface area (Å²) < 4.78 is 4.43. The van der Waals surface area contributed by atoms with Gasteiger partial charge in [0.15, 0.2) is 0 Å². The van der Waals surface area contributed by atoms with E-state index in [2.05, 4.69) is 24.5 Å². The predicted octanol–water partition coefficient (Wildman–Crippen LogP) is 1.25. The number of hydrogen-bond donors (Lipinski definition) is 2. The molecule has 0 rings (SSSR count). The molecule has 6 heteroatoms. The van der Waals surface area contributed by atoms with E-state index < -0.39 is 11.9 Å². The zero-order valence-corrected chi connectivity index (χ0v) is 9.59. The van der Waals surface area contributed by atoms with E-state index in [9.17, 15) is 14.4 Å². The van der Waals surface area contributed by atoms with Gasteiger partial charge in [0.05, 0.1) is 6.61 Å². The summed E-state index contributed by atoms with van der Waals surface area (Å²) in [4.78, 5) is 28.6. The van der Waals surface area contributed by atoms with Gasteiger partial charge in [-0.1, -0.05) is 19.7 Å². The monoisotopic (exact) mass is 244 g/mol. The van der Waals surface area contributed by atoms with E-state index in [1.807, 2.05) is 0 Å². The van der Waals surface area contributed by atoms with E-state index in [4.69, 9.17) is 10.2 Å². The molecule has 6 nitrogen and oxygen atoms in total. The summed E-state index contributed by atoms with van der Waals surface area (Å²) in [6, 6.07) is 0. The Morgan fingerprint density at radius 3 is 1.35 bits per heavy atom. The van der Waals surface area contributed by atoms with Crippen molar-refractivity contribution in [3.63, 3.8) is 0 Å². The highest BCUT2D eigenvalue weighted by Crippen LogP contribution is 1.74. The van der Waals surface area contributed by atoms with Gasteiger partial charge < -0.3 is 14.9 Å². The van der Waals surface area contributed by atoms with E-state index in [-0.39, 0.29) is 5.97 Å². The molecule has 0 radical (unpaired) electrons. The summed E-state index contributed by atoms with van der Waals surface area (Å²) in [5.41, 5.74) is 0. The first kappa shape index (κ1) is 20.1. The van der Waals surface area contributed by atoms with Crippen LogP contribution < -0.4 is 0 Å². The molecule has 96 valence electrons. The third kappa shape index (κ3) is 41.9. The normalized spacial score (nSPS) is 6.88. The lowest BCUT2D eigenvalue weighted by Gasteiger charge is -1.90. The Morgan fingerprint density at radius 1 is 1.00 bits per heavy atom. The fraction of sp³-hybridized carbons (Fsp3) is 0.182. The van der Waals surface area contributed by atoms with Gasteiger partial charge in [-0.05, 0) is 6.92 Å². The van der Waals surface area contributed by atoms with E-state index in [1.165, 1.54) is 0 Å². The summed E-state index contributed by atoms with van der Waals surface area (Å²) in [7, 11) is 0. The first-order chi connectivity index (χ1) is 7.85. The third-order valence-electron chi connectivity index (χ3n) is 0.803. The highest BCUT2D eigenvalue weighted by atomic mass is 16.5. The maximum atomic E-state index is 10.1. The molecule has 0 aliphatic rings. The van der Waals surface area contributed by atoms with Crippen LogP contribution in [0.5, 0.6) is 0 Å². The standard InChI is InChI=1S/C5H8O2.2C3H4O2/c1-3-5(6)7-4-2;2*1-2-3(4)5/h3H,1,4H2,2H3;2*2H,1H2,(H,4,5). The predicted molar refractivity (Wildman–Crippen MR) is 62.5 cm³/mol. The number of carbonyl (C=O) groups is 3.